The van der Waals surface area contributed by atoms with E-state index in [1.54, 1.807) is 7.11 Å². The molecule has 6 nitrogen and oxygen atoms in total. The summed E-state index contributed by atoms with van der Waals surface area (Å²) in [5, 5.41) is 9.37. The molecule has 2 heterocycles. The van der Waals surface area contributed by atoms with Crippen molar-refractivity contribution in [2.45, 2.75) is 26.1 Å². The zero-order chi connectivity index (χ0) is 16.4. The third kappa shape index (κ3) is 3.15. The van der Waals surface area contributed by atoms with Crippen LogP contribution in [0.15, 0.2) is 28.7 Å². The van der Waals surface area contributed by atoms with Crippen molar-refractivity contribution < 1.29 is 13.9 Å². The minimum Gasteiger partial charge on any atom is -0.497 e. The van der Waals surface area contributed by atoms with E-state index in [4.69, 9.17) is 13.9 Å². The predicted octanol–water partition coefficient (Wildman–Crippen LogP) is 2.84. The lowest BCUT2D eigenvalue weighted by atomic mass is 10.2. The molecular weight excluding hydrogens is 294 g/mol. The molecule has 0 N–H and O–H groups in total. The second-order valence-electron chi connectivity index (χ2n) is 5.68. The van der Waals surface area contributed by atoms with Crippen LogP contribution >= 0.6 is 0 Å². The molecule has 0 unspecified atom stereocenters. The first-order chi connectivity index (χ1) is 11.1. The Balaban J connectivity index is 1.92. The first-order valence-corrected chi connectivity index (χ1v) is 7.56. The largest absolute Gasteiger partial charge is 0.497 e. The van der Waals surface area contributed by atoms with Crippen LogP contribution in [0.5, 0.6) is 5.75 Å². The fourth-order valence-corrected chi connectivity index (χ4v) is 2.80. The average molecular weight is 313 g/mol. The number of hydrogen-bond donors (Lipinski definition) is 0. The molecule has 1 aliphatic rings. The summed E-state index contributed by atoms with van der Waals surface area (Å²) in [5.41, 5.74) is 1.11. The SMILES string of the molecule is COc1ccc(-c2nc(C#N)c(N3C[C@@H](C)O[C@H](C)C3)o2)cc1. The molecular formula is C17H19N3O3. The van der Waals surface area contributed by atoms with Crippen LogP contribution in [-0.2, 0) is 4.74 Å². The van der Waals surface area contributed by atoms with Gasteiger partial charge in [-0.15, -0.1) is 0 Å². The van der Waals surface area contributed by atoms with E-state index in [1.807, 2.05) is 43.0 Å². The minimum atomic E-state index is 0.0832. The lowest BCUT2D eigenvalue weighted by Crippen LogP contribution is -2.45. The number of anilines is 1. The van der Waals surface area contributed by atoms with Gasteiger partial charge < -0.3 is 18.8 Å². The zero-order valence-electron chi connectivity index (χ0n) is 13.4. The van der Waals surface area contributed by atoms with Crippen molar-refractivity contribution in [3.63, 3.8) is 0 Å². The van der Waals surface area contributed by atoms with Gasteiger partial charge in [0.2, 0.25) is 17.5 Å². The summed E-state index contributed by atoms with van der Waals surface area (Å²) in [4.78, 5) is 6.35. The van der Waals surface area contributed by atoms with E-state index in [-0.39, 0.29) is 12.2 Å². The quantitative estimate of drug-likeness (QED) is 0.867. The van der Waals surface area contributed by atoms with E-state index in [0.717, 1.165) is 11.3 Å². The molecule has 0 amide bonds. The van der Waals surface area contributed by atoms with Crippen molar-refractivity contribution in [1.29, 1.82) is 5.26 Å². The standard InChI is InChI=1S/C17H19N3O3/c1-11-9-20(10-12(2)22-11)17-15(8-18)19-16(23-17)13-4-6-14(21-3)7-5-13/h4-7,11-12H,9-10H2,1-3H3/t11-,12-/m1/s1. The Morgan fingerprint density at radius 3 is 2.43 bits per heavy atom. The summed E-state index contributed by atoms with van der Waals surface area (Å²) in [6, 6.07) is 9.52. The molecule has 23 heavy (non-hydrogen) atoms. The molecule has 1 aliphatic heterocycles. The number of methoxy groups -OCH3 is 1. The van der Waals surface area contributed by atoms with Gasteiger partial charge in [-0.2, -0.15) is 10.2 Å². The molecule has 1 aromatic heterocycles. The molecule has 0 bridgehead atoms. The Bertz CT molecular complexity index is 708. The van der Waals surface area contributed by atoms with Gasteiger partial charge in [-0.05, 0) is 38.1 Å². The molecule has 1 aromatic carbocycles. The van der Waals surface area contributed by atoms with Crippen LogP contribution in [0.4, 0.5) is 5.88 Å². The third-order valence-corrected chi connectivity index (χ3v) is 3.76. The lowest BCUT2D eigenvalue weighted by molar-refractivity contribution is -0.00638. The second-order valence-corrected chi connectivity index (χ2v) is 5.68. The Morgan fingerprint density at radius 1 is 1.22 bits per heavy atom. The number of morpholine rings is 1. The summed E-state index contributed by atoms with van der Waals surface area (Å²) in [6.45, 7) is 5.37. The van der Waals surface area contributed by atoms with Crippen molar-refractivity contribution in [2.24, 2.45) is 0 Å². The van der Waals surface area contributed by atoms with Crippen molar-refractivity contribution >= 4 is 5.88 Å². The molecule has 2 atom stereocenters. The Labute approximate surface area is 135 Å². The first kappa shape index (κ1) is 15.4. The molecule has 120 valence electrons. The highest BCUT2D eigenvalue weighted by Gasteiger charge is 2.28. The minimum absolute atomic E-state index is 0.0832. The fraction of sp³-hybridized carbons (Fsp3) is 0.412. The summed E-state index contributed by atoms with van der Waals surface area (Å²) >= 11 is 0. The van der Waals surface area contributed by atoms with Crippen molar-refractivity contribution in [3.8, 4) is 23.3 Å². The van der Waals surface area contributed by atoms with Gasteiger partial charge >= 0.3 is 0 Å². The van der Waals surface area contributed by atoms with E-state index < -0.39 is 0 Å². The van der Waals surface area contributed by atoms with Gasteiger partial charge in [-0.3, -0.25) is 0 Å². The molecule has 0 aliphatic carbocycles. The number of ether oxygens (including phenoxy) is 2. The van der Waals surface area contributed by atoms with E-state index in [0.29, 0.717) is 30.6 Å². The van der Waals surface area contributed by atoms with Crippen molar-refractivity contribution in [2.75, 3.05) is 25.1 Å². The predicted molar refractivity (Wildman–Crippen MR) is 85.4 cm³/mol. The van der Waals surface area contributed by atoms with Crippen LogP contribution in [0.1, 0.15) is 19.5 Å². The monoisotopic (exact) mass is 313 g/mol. The van der Waals surface area contributed by atoms with E-state index in [2.05, 4.69) is 11.1 Å². The molecule has 1 fully saturated rings. The number of oxazole rings is 1. The number of aromatic nitrogens is 1. The van der Waals surface area contributed by atoms with Crippen LogP contribution in [0.3, 0.4) is 0 Å². The van der Waals surface area contributed by atoms with Gasteiger partial charge in [0.25, 0.3) is 0 Å². The topological polar surface area (TPSA) is 71.5 Å². The molecule has 6 heteroatoms. The Kier molecular flexibility index (Phi) is 4.22. The Hall–Kier alpha value is -2.52. The summed E-state index contributed by atoms with van der Waals surface area (Å²) < 4.78 is 16.8. The van der Waals surface area contributed by atoms with Crippen LogP contribution in [-0.4, -0.2) is 37.4 Å². The lowest BCUT2D eigenvalue weighted by Gasteiger charge is -2.34. The molecule has 0 saturated carbocycles. The van der Waals surface area contributed by atoms with Gasteiger partial charge in [0, 0.05) is 18.7 Å². The maximum Gasteiger partial charge on any atom is 0.235 e. The molecule has 2 aromatic rings. The summed E-state index contributed by atoms with van der Waals surface area (Å²) in [7, 11) is 1.62. The zero-order valence-corrected chi connectivity index (χ0v) is 13.4. The highest BCUT2D eigenvalue weighted by atomic mass is 16.5. The van der Waals surface area contributed by atoms with Crippen molar-refractivity contribution in [1.82, 2.24) is 4.98 Å². The number of benzene rings is 1. The van der Waals surface area contributed by atoms with Gasteiger partial charge in [0.1, 0.15) is 11.8 Å². The van der Waals surface area contributed by atoms with Gasteiger partial charge in [-0.1, -0.05) is 0 Å². The number of nitrogens with zero attached hydrogens (tertiary/aromatic N) is 3. The first-order valence-electron chi connectivity index (χ1n) is 7.56. The highest BCUT2D eigenvalue weighted by Crippen LogP contribution is 2.30. The van der Waals surface area contributed by atoms with E-state index in [9.17, 15) is 5.26 Å². The molecule has 3 rings (SSSR count). The summed E-state index contributed by atoms with van der Waals surface area (Å²) in [6.07, 6.45) is 0.166. The third-order valence-electron chi connectivity index (χ3n) is 3.76. The maximum absolute atomic E-state index is 9.37. The van der Waals surface area contributed by atoms with E-state index >= 15 is 0 Å². The fourth-order valence-electron chi connectivity index (χ4n) is 2.80. The van der Waals surface area contributed by atoms with Crippen molar-refractivity contribution in [3.05, 3.63) is 30.0 Å². The van der Waals surface area contributed by atoms with Crippen LogP contribution in [0.2, 0.25) is 0 Å². The highest BCUT2D eigenvalue weighted by molar-refractivity contribution is 5.60. The second kappa shape index (κ2) is 6.31. The van der Waals surface area contributed by atoms with Crippen LogP contribution in [0.25, 0.3) is 11.5 Å². The maximum atomic E-state index is 9.37. The number of rotatable bonds is 3. The summed E-state index contributed by atoms with van der Waals surface area (Å²) in [5.74, 6) is 1.71. The van der Waals surface area contributed by atoms with Gasteiger partial charge in [0.15, 0.2) is 0 Å². The van der Waals surface area contributed by atoms with Gasteiger partial charge in [-0.25, -0.2) is 0 Å². The Morgan fingerprint density at radius 2 is 1.87 bits per heavy atom. The molecule has 0 spiro atoms. The normalized spacial score (nSPS) is 21.0. The van der Waals surface area contributed by atoms with Crippen LogP contribution in [0, 0.1) is 11.3 Å². The number of hydrogen-bond acceptors (Lipinski definition) is 6. The average Bonchev–Trinajstić information content (AvgIpc) is 2.98. The smallest absolute Gasteiger partial charge is 0.235 e. The molecule has 1 saturated heterocycles. The number of nitriles is 1. The van der Waals surface area contributed by atoms with E-state index in [1.165, 1.54) is 0 Å². The van der Waals surface area contributed by atoms with Gasteiger partial charge in [0.05, 0.1) is 19.3 Å². The molecule has 0 radical (unpaired) electrons. The van der Waals surface area contributed by atoms with Crippen LogP contribution < -0.4 is 9.64 Å².